The first-order valence-electron chi connectivity index (χ1n) is 4.37. The molecule has 1 unspecified atom stereocenters. The Morgan fingerprint density at radius 3 is 2.56 bits per heavy atom. The normalized spacial score (nSPS) is 12.6. The Labute approximate surface area is 99.2 Å². The van der Waals surface area contributed by atoms with Crippen LogP contribution in [0.4, 0.5) is 8.78 Å². The van der Waals surface area contributed by atoms with Gasteiger partial charge in [-0.15, -0.1) is 0 Å². The fourth-order valence-electron chi connectivity index (χ4n) is 1.13. The lowest BCUT2D eigenvalue weighted by Gasteiger charge is -2.08. The van der Waals surface area contributed by atoms with Gasteiger partial charge in [-0.1, -0.05) is 15.9 Å². The van der Waals surface area contributed by atoms with Crippen LogP contribution in [0.5, 0.6) is 11.5 Å². The van der Waals surface area contributed by atoms with Gasteiger partial charge in [-0.3, -0.25) is 4.79 Å². The number of alkyl halides is 3. The third kappa shape index (κ3) is 3.44. The van der Waals surface area contributed by atoms with Crippen molar-refractivity contribution in [2.75, 3.05) is 0 Å². The van der Waals surface area contributed by atoms with Crippen molar-refractivity contribution in [1.82, 2.24) is 0 Å². The van der Waals surface area contributed by atoms with Gasteiger partial charge in [0.05, 0.1) is 4.83 Å². The van der Waals surface area contributed by atoms with Gasteiger partial charge in [0.2, 0.25) is 0 Å². The summed E-state index contributed by atoms with van der Waals surface area (Å²) in [6.07, 6.45) is 0. The maximum absolute atomic E-state index is 11.9. The zero-order valence-electron chi connectivity index (χ0n) is 8.28. The molecule has 1 aromatic carbocycles. The van der Waals surface area contributed by atoms with Crippen molar-refractivity contribution in [2.24, 2.45) is 0 Å². The lowest BCUT2D eigenvalue weighted by molar-refractivity contribution is -0.0499. The van der Waals surface area contributed by atoms with Gasteiger partial charge in [-0.2, -0.15) is 8.78 Å². The molecule has 3 nitrogen and oxygen atoms in total. The molecule has 0 bridgehead atoms. The summed E-state index contributed by atoms with van der Waals surface area (Å²) in [6.45, 7) is -1.40. The van der Waals surface area contributed by atoms with Crippen LogP contribution in [0.25, 0.3) is 0 Å². The first-order valence-corrected chi connectivity index (χ1v) is 5.29. The Hall–Kier alpha value is -1.17. The van der Waals surface area contributed by atoms with E-state index in [0.717, 1.165) is 12.1 Å². The van der Waals surface area contributed by atoms with E-state index in [-0.39, 0.29) is 22.8 Å². The van der Waals surface area contributed by atoms with Crippen LogP contribution in [-0.2, 0) is 0 Å². The summed E-state index contributed by atoms with van der Waals surface area (Å²) in [4.78, 5) is 11.1. The van der Waals surface area contributed by atoms with Crippen molar-refractivity contribution < 1.29 is 23.4 Å². The molecule has 1 rings (SSSR count). The Balaban J connectivity index is 3.03. The minimum Gasteiger partial charge on any atom is -0.508 e. The number of halogens is 3. The highest BCUT2D eigenvalue weighted by atomic mass is 79.9. The fraction of sp³-hybridized carbons (Fsp3) is 0.300. The average molecular weight is 295 g/mol. The van der Waals surface area contributed by atoms with Crippen LogP contribution in [0.2, 0.25) is 0 Å². The number of hydrogen-bond donors (Lipinski definition) is 1. The van der Waals surface area contributed by atoms with Crippen LogP contribution in [0, 0.1) is 0 Å². The summed E-state index contributed by atoms with van der Waals surface area (Å²) in [7, 11) is 0. The quantitative estimate of drug-likeness (QED) is 0.686. The van der Waals surface area contributed by atoms with Gasteiger partial charge in [0.15, 0.2) is 5.78 Å². The van der Waals surface area contributed by atoms with Crippen molar-refractivity contribution >= 4 is 21.7 Å². The molecule has 6 heteroatoms. The minimum atomic E-state index is -2.99. The second kappa shape index (κ2) is 5.25. The number of benzene rings is 1. The summed E-state index contributed by atoms with van der Waals surface area (Å²) < 4.78 is 28.0. The number of Topliss-reactive ketones (excluding diaryl/α,β-unsaturated/α-hetero) is 1. The first-order chi connectivity index (χ1) is 7.40. The van der Waals surface area contributed by atoms with Crippen LogP contribution < -0.4 is 4.74 Å². The SMILES string of the molecule is CC(Br)C(=O)c1cc(O)cc(OC(F)F)c1. The highest BCUT2D eigenvalue weighted by Gasteiger charge is 2.15. The second-order valence-corrected chi connectivity index (χ2v) is 4.45. The molecule has 0 spiro atoms. The highest BCUT2D eigenvalue weighted by Crippen LogP contribution is 2.25. The number of aromatic hydroxyl groups is 1. The highest BCUT2D eigenvalue weighted by molar-refractivity contribution is 9.10. The molecule has 0 heterocycles. The van der Waals surface area contributed by atoms with Gasteiger partial charge in [0, 0.05) is 11.6 Å². The van der Waals surface area contributed by atoms with Gasteiger partial charge in [0.1, 0.15) is 11.5 Å². The van der Waals surface area contributed by atoms with Gasteiger partial charge in [0.25, 0.3) is 0 Å². The molecule has 1 atom stereocenters. The topological polar surface area (TPSA) is 46.5 Å². The molecule has 16 heavy (non-hydrogen) atoms. The van der Waals surface area contributed by atoms with Crippen molar-refractivity contribution in [3.8, 4) is 11.5 Å². The maximum atomic E-state index is 11.9. The summed E-state index contributed by atoms with van der Waals surface area (Å²) in [5.41, 5.74) is 0.111. The van der Waals surface area contributed by atoms with Crippen LogP contribution in [0.1, 0.15) is 17.3 Å². The van der Waals surface area contributed by atoms with E-state index in [1.54, 1.807) is 6.92 Å². The van der Waals surface area contributed by atoms with Crippen molar-refractivity contribution in [3.63, 3.8) is 0 Å². The predicted octanol–water partition coefficient (Wildman–Crippen LogP) is 2.96. The van der Waals surface area contributed by atoms with Crippen molar-refractivity contribution in [3.05, 3.63) is 23.8 Å². The van der Waals surface area contributed by atoms with Crippen LogP contribution in [-0.4, -0.2) is 22.3 Å². The summed E-state index contributed by atoms with van der Waals surface area (Å²) in [5, 5.41) is 9.25. The molecule has 0 aliphatic carbocycles. The Morgan fingerprint density at radius 1 is 1.44 bits per heavy atom. The summed E-state index contributed by atoms with van der Waals surface area (Å²) >= 11 is 3.06. The van der Waals surface area contributed by atoms with Crippen molar-refractivity contribution in [2.45, 2.75) is 18.4 Å². The average Bonchev–Trinajstić information content (AvgIpc) is 2.14. The van der Waals surface area contributed by atoms with Gasteiger partial charge in [-0.05, 0) is 19.1 Å². The smallest absolute Gasteiger partial charge is 0.387 e. The molecule has 0 radical (unpaired) electrons. The van der Waals surface area contributed by atoms with Crippen molar-refractivity contribution in [1.29, 1.82) is 0 Å². The number of rotatable bonds is 4. The number of hydrogen-bond acceptors (Lipinski definition) is 3. The molecular formula is C10H9BrF2O3. The molecule has 1 aromatic rings. The number of phenolic OH excluding ortho intramolecular Hbond substituents is 1. The molecule has 0 aromatic heterocycles. The lowest BCUT2D eigenvalue weighted by atomic mass is 10.1. The molecule has 0 aliphatic heterocycles. The summed E-state index contributed by atoms with van der Waals surface area (Å²) in [6, 6.07) is 3.37. The van der Waals surface area contributed by atoms with E-state index in [1.165, 1.54) is 6.07 Å². The van der Waals surface area contributed by atoms with Gasteiger partial charge < -0.3 is 9.84 Å². The number of ketones is 1. The van der Waals surface area contributed by atoms with Gasteiger partial charge in [-0.25, -0.2) is 0 Å². The second-order valence-electron chi connectivity index (χ2n) is 3.07. The lowest BCUT2D eigenvalue weighted by Crippen LogP contribution is -2.10. The fourth-order valence-corrected chi connectivity index (χ4v) is 1.39. The van der Waals surface area contributed by atoms with E-state index in [4.69, 9.17) is 0 Å². The van der Waals surface area contributed by atoms with E-state index in [9.17, 15) is 18.7 Å². The third-order valence-corrected chi connectivity index (χ3v) is 2.18. The number of carbonyl (C=O) groups excluding carboxylic acids is 1. The standard InChI is InChI=1S/C10H9BrF2O3/c1-5(11)9(15)6-2-7(14)4-8(3-6)16-10(12)13/h2-5,10,14H,1H3. The minimum absolute atomic E-state index is 0.111. The first kappa shape index (κ1) is 12.9. The summed E-state index contributed by atoms with van der Waals surface area (Å²) in [5.74, 6) is -0.865. The molecule has 1 N–H and O–H groups in total. The molecule has 0 saturated heterocycles. The Kier molecular flexibility index (Phi) is 4.23. The monoisotopic (exact) mass is 294 g/mol. The zero-order chi connectivity index (χ0) is 12.3. The van der Waals surface area contributed by atoms with E-state index >= 15 is 0 Å². The molecule has 0 amide bonds. The zero-order valence-corrected chi connectivity index (χ0v) is 9.87. The number of phenols is 1. The maximum Gasteiger partial charge on any atom is 0.387 e. The Morgan fingerprint density at radius 2 is 2.06 bits per heavy atom. The predicted molar refractivity (Wildman–Crippen MR) is 57.5 cm³/mol. The number of carbonyl (C=O) groups is 1. The third-order valence-electron chi connectivity index (χ3n) is 1.76. The van der Waals surface area contributed by atoms with Gasteiger partial charge >= 0.3 is 6.61 Å². The molecule has 0 aliphatic rings. The van der Waals surface area contributed by atoms with E-state index in [0.29, 0.717) is 0 Å². The van der Waals surface area contributed by atoms with Crippen LogP contribution >= 0.6 is 15.9 Å². The van der Waals surface area contributed by atoms with Crippen LogP contribution in [0.3, 0.4) is 0 Å². The molecule has 0 saturated carbocycles. The Bertz CT molecular complexity index is 394. The van der Waals surface area contributed by atoms with E-state index < -0.39 is 11.4 Å². The number of ether oxygens (including phenoxy) is 1. The molecule has 88 valence electrons. The van der Waals surface area contributed by atoms with Crippen LogP contribution in [0.15, 0.2) is 18.2 Å². The molecular weight excluding hydrogens is 286 g/mol. The van der Waals surface area contributed by atoms with E-state index in [1.807, 2.05) is 0 Å². The molecule has 0 fully saturated rings. The van der Waals surface area contributed by atoms with E-state index in [2.05, 4.69) is 20.7 Å². The largest absolute Gasteiger partial charge is 0.508 e.